The third-order valence-corrected chi connectivity index (χ3v) is 23.1. The summed E-state index contributed by atoms with van der Waals surface area (Å²) in [4.78, 5) is 76.7. The van der Waals surface area contributed by atoms with Gasteiger partial charge in [-0.1, -0.05) is 277 Å². The van der Waals surface area contributed by atoms with Crippen LogP contribution in [0.1, 0.15) is 175 Å². The highest BCUT2D eigenvalue weighted by molar-refractivity contribution is 5.85. The summed E-state index contributed by atoms with van der Waals surface area (Å²) in [7, 11) is 5.46. The Morgan fingerprint density at radius 1 is 0.306 bits per heavy atom. The molecule has 5 atom stereocenters. The van der Waals surface area contributed by atoms with E-state index in [1.54, 1.807) is 23.9 Å². The van der Waals surface area contributed by atoms with Gasteiger partial charge >= 0.3 is 5.97 Å². The Morgan fingerprint density at radius 2 is 0.554 bits per heavy atom. The number of amides is 4. The molecule has 0 radical (unpaired) electrons. The predicted octanol–water partition coefficient (Wildman–Crippen LogP) is 20.8. The second-order valence-electron chi connectivity index (χ2n) is 32.1. The fourth-order valence-corrected chi connectivity index (χ4v) is 15.8. The van der Waals surface area contributed by atoms with Gasteiger partial charge in [-0.05, 0) is 201 Å². The monoisotopic (exact) mass is 1620 g/mol. The molecular formula is C106H121N9O6. The number of carboxylic acid groups (broad SMARTS) is 1. The van der Waals surface area contributed by atoms with E-state index in [4.69, 9.17) is 0 Å². The molecule has 121 heavy (non-hydrogen) atoms. The number of benzene rings is 10. The molecule has 5 aliphatic carbocycles. The molecule has 0 spiro atoms. The van der Waals surface area contributed by atoms with Crippen LogP contribution in [0.25, 0.3) is 30.4 Å². The molecule has 0 saturated carbocycles. The number of carbonyl (C=O) groups is 5. The fourth-order valence-electron chi connectivity index (χ4n) is 15.8. The zero-order valence-electron chi connectivity index (χ0n) is 72.7. The summed E-state index contributed by atoms with van der Waals surface area (Å²) in [6.07, 6.45) is 21.9. The summed E-state index contributed by atoms with van der Waals surface area (Å²) in [6.45, 7) is 26.9. The standard InChI is InChI=1S/C23H28N2O.C22H26N2O.2C21H24N2O.C19H19NO2/c1-4-24(5-2)23(26)17-25(16-19-9-7-6-8-10-19)21-13-14-22-18(3)11-12-20(22)15-21;1-4-23(3)22(25)16-24(15-18-8-6-5-7-9-18)20-12-13-21-17(2)10-11-19(21)14-20;1-16-9-10-18-13-19(11-12-20(16)18)23(15-21(24)22(2)3)14-17-7-5-4-6-8-17;1-3-22-21(24)15-23(14-17-7-5-4-6-8-17)19-11-12-20-16(2)9-10-18(20)13-19;1-14-7-8-16-11-17(9-10-18(14)16)20(13-19(21)22)12-15-5-3-2-4-6-15/h6-15,18H,4-5,16-17H2,1-3H3;5-14,17H,4,15-16H2,1-3H3;4-13,16H,14-15H2,1-3H3;4-13,16H,3,14-15H2,1-2H3,(H,22,24);2-11,14H,12-13H2,1H3,(H,21,22). The molecule has 4 amide bonds. The van der Waals surface area contributed by atoms with Gasteiger partial charge in [0.2, 0.25) is 23.6 Å². The van der Waals surface area contributed by atoms with Gasteiger partial charge in [0, 0.05) is 108 Å². The molecule has 626 valence electrons. The number of hydrogen-bond donors (Lipinski definition) is 2. The van der Waals surface area contributed by atoms with Crippen LogP contribution < -0.4 is 29.8 Å². The van der Waals surface area contributed by atoms with Crippen LogP contribution in [0, 0.1) is 0 Å². The fraction of sp³-hybridized carbons (Fsp3) is 0.292. The number of aliphatic carboxylic acids is 1. The average Bonchev–Trinajstić information content (AvgIpc) is 1.72. The first-order chi connectivity index (χ1) is 58.5. The zero-order valence-corrected chi connectivity index (χ0v) is 72.7. The minimum Gasteiger partial charge on any atom is -0.480 e. The summed E-state index contributed by atoms with van der Waals surface area (Å²) in [5.74, 6) is 1.98. The quantitative estimate of drug-likeness (QED) is 0.0462. The lowest BCUT2D eigenvalue weighted by Gasteiger charge is -2.28. The molecule has 15 heteroatoms. The third kappa shape index (κ3) is 24.9. The number of hydrogen-bond acceptors (Lipinski definition) is 10. The van der Waals surface area contributed by atoms with E-state index in [-0.39, 0.29) is 30.2 Å². The zero-order chi connectivity index (χ0) is 85.9. The molecule has 0 aliphatic heterocycles. The van der Waals surface area contributed by atoms with Crippen molar-refractivity contribution in [1.82, 2.24) is 20.0 Å². The van der Waals surface area contributed by atoms with E-state index in [0.717, 1.165) is 79.8 Å². The summed E-state index contributed by atoms with van der Waals surface area (Å²) < 4.78 is 0. The van der Waals surface area contributed by atoms with Crippen LogP contribution in [0.5, 0.6) is 0 Å². The van der Waals surface area contributed by atoms with Crippen molar-refractivity contribution in [2.24, 2.45) is 0 Å². The first-order valence-corrected chi connectivity index (χ1v) is 42.8. The van der Waals surface area contributed by atoms with Crippen LogP contribution in [0.3, 0.4) is 0 Å². The second-order valence-corrected chi connectivity index (χ2v) is 32.1. The van der Waals surface area contributed by atoms with Crippen LogP contribution in [-0.4, -0.2) is 129 Å². The topological polar surface area (TPSA) is 144 Å². The molecule has 15 rings (SSSR count). The van der Waals surface area contributed by atoms with Crippen molar-refractivity contribution in [1.29, 1.82) is 0 Å². The van der Waals surface area contributed by atoms with E-state index >= 15 is 0 Å². The molecule has 5 unspecified atom stereocenters. The van der Waals surface area contributed by atoms with E-state index in [9.17, 15) is 29.1 Å². The SMILES string of the molecule is CC1C=Cc2cc(N(CC(=O)N(C)C)Cc3ccccc3)ccc21.CC1C=Cc2cc(N(CC(=O)O)Cc3ccccc3)ccc21.CCN(C)C(=O)CN(Cc1ccccc1)c1ccc2c(c1)C=CC2C.CCN(CC)C(=O)CN(Cc1ccccc1)c1ccc2c(c1)C=CC2C.CCNC(=O)CN(Cc1ccccc1)c1ccc2c(c1)C=CC2C. The molecule has 0 saturated heterocycles. The Balaban J connectivity index is 0.000000148. The highest BCUT2D eigenvalue weighted by atomic mass is 16.4. The highest BCUT2D eigenvalue weighted by Gasteiger charge is 2.25. The Morgan fingerprint density at radius 3 is 0.793 bits per heavy atom. The molecule has 0 fully saturated rings. The summed E-state index contributed by atoms with van der Waals surface area (Å²) >= 11 is 0. The largest absolute Gasteiger partial charge is 0.480 e. The Bertz CT molecular complexity index is 5250. The average molecular weight is 1620 g/mol. The van der Waals surface area contributed by atoms with Crippen molar-refractivity contribution < 1.29 is 29.1 Å². The van der Waals surface area contributed by atoms with Crippen molar-refractivity contribution in [3.8, 4) is 0 Å². The van der Waals surface area contributed by atoms with E-state index < -0.39 is 5.97 Å². The number of anilines is 5. The molecule has 10 aromatic carbocycles. The first kappa shape index (κ1) is 89.0. The third-order valence-electron chi connectivity index (χ3n) is 23.1. The molecular weight excluding hydrogens is 1500 g/mol. The predicted molar refractivity (Wildman–Crippen MR) is 503 cm³/mol. The number of likely N-dealkylation sites (N-methyl/N-ethyl adjacent to an activating group) is 4. The molecule has 0 bridgehead atoms. The molecule has 0 heterocycles. The van der Waals surface area contributed by atoms with Gasteiger partial charge in [-0.2, -0.15) is 0 Å². The van der Waals surface area contributed by atoms with Crippen molar-refractivity contribution in [2.45, 2.75) is 125 Å². The lowest BCUT2D eigenvalue weighted by atomic mass is 10.0. The van der Waals surface area contributed by atoms with Crippen molar-refractivity contribution in [3.63, 3.8) is 0 Å². The van der Waals surface area contributed by atoms with Gasteiger partial charge < -0.3 is 49.6 Å². The number of carboxylic acids is 1. The van der Waals surface area contributed by atoms with Crippen LogP contribution in [0.4, 0.5) is 28.4 Å². The number of allylic oxidation sites excluding steroid dienone is 5. The van der Waals surface area contributed by atoms with Crippen molar-refractivity contribution >= 4 is 88.4 Å². The van der Waals surface area contributed by atoms with Crippen LogP contribution in [0.2, 0.25) is 0 Å². The maximum absolute atomic E-state index is 12.7. The van der Waals surface area contributed by atoms with Crippen LogP contribution in [0.15, 0.2) is 273 Å². The minimum absolute atomic E-state index is 0.00700. The molecule has 0 aromatic heterocycles. The summed E-state index contributed by atoms with van der Waals surface area (Å²) in [5, 5.41) is 12.1. The summed E-state index contributed by atoms with van der Waals surface area (Å²) in [5.41, 5.74) is 24.2. The molecule has 5 aliphatic rings. The normalized spacial score (nSPS) is 15.2. The molecule has 15 nitrogen and oxygen atoms in total. The number of nitrogens with zero attached hydrogens (tertiary/aromatic N) is 8. The van der Waals surface area contributed by atoms with Gasteiger partial charge in [-0.3, -0.25) is 24.0 Å². The maximum Gasteiger partial charge on any atom is 0.323 e. The second kappa shape index (κ2) is 43.8. The Kier molecular flexibility index (Phi) is 32.2. The van der Waals surface area contributed by atoms with Gasteiger partial charge in [0.15, 0.2) is 0 Å². The number of carbonyl (C=O) groups excluding carboxylic acids is 4. The van der Waals surface area contributed by atoms with Gasteiger partial charge in [0.1, 0.15) is 6.54 Å². The van der Waals surface area contributed by atoms with Crippen molar-refractivity contribution in [2.75, 3.05) is 105 Å². The van der Waals surface area contributed by atoms with E-state index in [0.29, 0.717) is 68.9 Å². The van der Waals surface area contributed by atoms with Crippen LogP contribution in [-0.2, 0) is 56.7 Å². The first-order valence-electron chi connectivity index (χ1n) is 42.8. The maximum atomic E-state index is 12.7. The van der Waals surface area contributed by atoms with Gasteiger partial charge in [-0.25, -0.2) is 0 Å². The lowest BCUT2D eigenvalue weighted by Crippen LogP contribution is -2.40. The van der Waals surface area contributed by atoms with E-state index in [1.165, 1.54) is 77.9 Å². The van der Waals surface area contributed by atoms with Gasteiger partial charge in [-0.15, -0.1) is 0 Å². The Hall–Kier alpha value is -12.8. The Labute approximate surface area is 719 Å². The van der Waals surface area contributed by atoms with E-state index in [1.807, 2.05) is 154 Å². The van der Waals surface area contributed by atoms with E-state index in [2.05, 4.69) is 254 Å². The molecule has 2 N–H and O–H groups in total. The number of nitrogens with one attached hydrogen (secondary N) is 1. The highest BCUT2D eigenvalue weighted by Crippen LogP contribution is 2.39. The lowest BCUT2D eigenvalue weighted by molar-refractivity contribution is -0.135. The van der Waals surface area contributed by atoms with Gasteiger partial charge in [0.05, 0.1) is 26.2 Å². The van der Waals surface area contributed by atoms with Crippen molar-refractivity contribution in [3.05, 3.63) is 356 Å². The minimum atomic E-state index is -0.819. The number of fused-ring (bicyclic) bond motifs is 5. The van der Waals surface area contributed by atoms with Gasteiger partial charge in [0.25, 0.3) is 0 Å². The smallest absolute Gasteiger partial charge is 0.323 e. The summed E-state index contributed by atoms with van der Waals surface area (Å²) in [6, 6.07) is 83.5. The van der Waals surface area contributed by atoms with Crippen LogP contribution >= 0.6 is 0 Å². The molecule has 10 aromatic rings. The number of rotatable bonds is 29.